The molecule has 0 fully saturated rings. The number of allylic oxidation sites excluding steroid dienone is 12. The van der Waals surface area contributed by atoms with Gasteiger partial charge in [0.2, 0.25) is 0 Å². The fourth-order valence-corrected chi connectivity index (χ4v) is 7.40. The number of ether oxygens (including phenoxy) is 3. The van der Waals surface area contributed by atoms with E-state index in [9.17, 15) is 14.4 Å². The molecular weight excluding hydrogens is 793 g/mol. The average Bonchev–Trinajstić information content (AvgIpc) is 3.29. The molecule has 368 valence electrons. The maximum absolute atomic E-state index is 12.8. The minimum Gasteiger partial charge on any atom is -0.462 e. The second kappa shape index (κ2) is 52.5. The summed E-state index contributed by atoms with van der Waals surface area (Å²) >= 11 is 0. The Hall–Kier alpha value is -3.15. The van der Waals surface area contributed by atoms with E-state index in [2.05, 4.69) is 93.7 Å². The number of unbranched alkanes of at least 4 members (excludes halogenated alkanes) is 25. The van der Waals surface area contributed by atoms with E-state index in [-0.39, 0.29) is 31.1 Å². The van der Waals surface area contributed by atoms with Gasteiger partial charge in [-0.15, -0.1) is 0 Å². The molecule has 0 rings (SSSR count). The van der Waals surface area contributed by atoms with Crippen molar-refractivity contribution in [3.05, 3.63) is 72.9 Å². The molecule has 0 N–H and O–H groups in total. The summed E-state index contributed by atoms with van der Waals surface area (Å²) < 4.78 is 16.8. The predicted molar refractivity (Wildman–Crippen MR) is 274 cm³/mol. The van der Waals surface area contributed by atoms with Gasteiger partial charge >= 0.3 is 17.9 Å². The molecule has 1 unspecified atom stereocenters. The fourth-order valence-electron chi connectivity index (χ4n) is 7.40. The monoisotopic (exact) mass is 893 g/mol. The topological polar surface area (TPSA) is 78.9 Å². The lowest BCUT2D eigenvalue weighted by Crippen LogP contribution is -2.30. The van der Waals surface area contributed by atoms with Crippen molar-refractivity contribution < 1.29 is 28.6 Å². The van der Waals surface area contributed by atoms with Gasteiger partial charge in [0.15, 0.2) is 6.10 Å². The standard InChI is InChI=1S/C58H100O6/c1-4-7-10-13-16-19-21-23-25-27-29-31-33-35-37-39-42-45-48-51-57(60)63-54-55(53-62-56(59)50-47-44-41-18-15-12-9-6-3)64-58(61)52-49-46-43-40-38-36-34-32-30-28-26-24-22-20-17-14-11-8-5-2/h7,10,16,19,23-26,29,31,35,37,55H,4-6,8-9,11-15,17-18,20-22,27-28,30,32-34,36,38-54H2,1-3H3/b10-7-,19-16-,25-23-,26-24-,31-29-,37-35-. The minimum absolute atomic E-state index is 0.0857. The van der Waals surface area contributed by atoms with Gasteiger partial charge in [0.05, 0.1) is 0 Å². The summed E-state index contributed by atoms with van der Waals surface area (Å²) in [6, 6.07) is 0. The zero-order valence-corrected chi connectivity index (χ0v) is 42.0. The van der Waals surface area contributed by atoms with E-state index < -0.39 is 6.10 Å². The molecule has 0 aromatic rings. The molecule has 0 aromatic carbocycles. The highest BCUT2D eigenvalue weighted by Gasteiger charge is 2.19. The van der Waals surface area contributed by atoms with Crippen LogP contribution >= 0.6 is 0 Å². The Morgan fingerprint density at radius 1 is 0.328 bits per heavy atom. The summed E-state index contributed by atoms with van der Waals surface area (Å²) in [4.78, 5) is 37.9. The van der Waals surface area contributed by atoms with Gasteiger partial charge in [-0.1, -0.05) is 222 Å². The van der Waals surface area contributed by atoms with Crippen molar-refractivity contribution in [2.24, 2.45) is 0 Å². The third-order valence-corrected chi connectivity index (χ3v) is 11.4. The van der Waals surface area contributed by atoms with Crippen molar-refractivity contribution in [2.75, 3.05) is 13.2 Å². The molecule has 0 aliphatic rings. The van der Waals surface area contributed by atoms with E-state index in [0.717, 1.165) is 96.3 Å². The number of carbonyl (C=O) groups is 3. The quantitative estimate of drug-likeness (QED) is 0.0262. The molecule has 0 spiro atoms. The highest BCUT2D eigenvalue weighted by Crippen LogP contribution is 2.15. The first-order chi connectivity index (χ1) is 31.5. The van der Waals surface area contributed by atoms with E-state index >= 15 is 0 Å². The summed E-state index contributed by atoms with van der Waals surface area (Å²) in [5.74, 6) is -0.922. The van der Waals surface area contributed by atoms with E-state index in [1.54, 1.807) is 0 Å². The van der Waals surface area contributed by atoms with E-state index in [0.29, 0.717) is 19.3 Å². The number of rotatable bonds is 48. The first-order valence-corrected chi connectivity index (χ1v) is 26.9. The molecule has 0 heterocycles. The molecule has 0 saturated carbocycles. The fraction of sp³-hybridized carbons (Fsp3) is 0.741. The molecule has 0 saturated heterocycles. The molecule has 0 aliphatic heterocycles. The molecule has 6 nitrogen and oxygen atoms in total. The smallest absolute Gasteiger partial charge is 0.306 e. The van der Waals surface area contributed by atoms with E-state index in [4.69, 9.17) is 14.2 Å². The Labute approximate surface area is 395 Å². The second-order valence-corrected chi connectivity index (χ2v) is 17.8. The molecule has 0 radical (unpaired) electrons. The Bertz CT molecular complexity index is 1210. The molecular formula is C58H100O6. The zero-order valence-electron chi connectivity index (χ0n) is 42.0. The Kier molecular flexibility index (Phi) is 49.9. The summed E-state index contributed by atoms with van der Waals surface area (Å²) in [6.45, 7) is 6.47. The minimum atomic E-state index is -0.787. The van der Waals surface area contributed by atoms with Crippen LogP contribution in [-0.2, 0) is 28.6 Å². The summed E-state index contributed by atoms with van der Waals surface area (Å²) in [6.07, 6.45) is 66.1. The predicted octanol–water partition coefficient (Wildman–Crippen LogP) is 17.8. The zero-order chi connectivity index (χ0) is 46.5. The van der Waals surface area contributed by atoms with Crippen molar-refractivity contribution in [2.45, 2.75) is 264 Å². The molecule has 0 aromatic heterocycles. The van der Waals surface area contributed by atoms with Crippen LogP contribution in [0.3, 0.4) is 0 Å². The molecule has 0 bridgehead atoms. The third-order valence-electron chi connectivity index (χ3n) is 11.4. The van der Waals surface area contributed by atoms with Gasteiger partial charge in [-0.25, -0.2) is 0 Å². The Morgan fingerprint density at radius 3 is 0.984 bits per heavy atom. The first-order valence-electron chi connectivity index (χ1n) is 26.9. The number of hydrogen-bond donors (Lipinski definition) is 0. The van der Waals surface area contributed by atoms with Crippen molar-refractivity contribution in [1.82, 2.24) is 0 Å². The lowest BCUT2D eigenvalue weighted by atomic mass is 10.1. The van der Waals surface area contributed by atoms with Crippen LogP contribution in [0.4, 0.5) is 0 Å². The number of esters is 3. The maximum atomic E-state index is 12.8. The summed E-state index contributed by atoms with van der Waals surface area (Å²) in [5.41, 5.74) is 0. The van der Waals surface area contributed by atoms with Gasteiger partial charge < -0.3 is 14.2 Å². The molecule has 0 amide bonds. The van der Waals surface area contributed by atoms with Gasteiger partial charge in [-0.2, -0.15) is 0 Å². The van der Waals surface area contributed by atoms with Crippen molar-refractivity contribution in [3.63, 3.8) is 0 Å². The van der Waals surface area contributed by atoms with Gasteiger partial charge in [-0.3, -0.25) is 14.4 Å². The van der Waals surface area contributed by atoms with Crippen LogP contribution in [0.15, 0.2) is 72.9 Å². The van der Waals surface area contributed by atoms with E-state index in [1.165, 1.54) is 122 Å². The highest BCUT2D eigenvalue weighted by molar-refractivity contribution is 5.71. The van der Waals surface area contributed by atoms with Crippen LogP contribution in [0.5, 0.6) is 0 Å². The lowest BCUT2D eigenvalue weighted by molar-refractivity contribution is -0.167. The van der Waals surface area contributed by atoms with Crippen molar-refractivity contribution >= 4 is 17.9 Å². The van der Waals surface area contributed by atoms with E-state index in [1.807, 2.05) is 0 Å². The maximum Gasteiger partial charge on any atom is 0.306 e. The van der Waals surface area contributed by atoms with Gasteiger partial charge in [0.1, 0.15) is 13.2 Å². The van der Waals surface area contributed by atoms with Crippen LogP contribution in [0, 0.1) is 0 Å². The summed E-state index contributed by atoms with van der Waals surface area (Å²) in [7, 11) is 0. The van der Waals surface area contributed by atoms with Crippen LogP contribution in [0.2, 0.25) is 0 Å². The third kappa shape index (κ3) is 49.9. The first kappa shape index (κ1) is 60.9. The molecule has 0 aliphatic carbocycles. The largest absolute Gasteiger partial charge is 0.462 e. The number of carbonyl (C=O) groups excluding carboxylic acids is 3. The molecule has 1 atom stereocenters. The van der Waals surface area contributed by atoms with Crippen LogP contribution < -0.4 is 0 Å². The lowest BCUT2D eigenvalue weighted by Gasteiger charge is -2.18. The molecule has 6 heteroatoms. The van der Waals surface area contributed by atoms with Crippen molar-refractivity contribution in [3.8, 4) is 0 Å². The van der Waals surface area contributed by atoms with Crippen LogP contribution in [0.25, 0.3) is 0 Å². The van der Waals surface area contributed by atoms with Crippen LogP contribution in [-0.4, -0.2) is 37.2 Å². The second-order valence-electron chi connectivity index (χ2n) is 17.8. The average molecular weight is 893 g/mol. The Balaban J connectivity index is 4.33. The normalized spacial score (nSPS) is 12.6. The van der Waals surface area contributed by atoms with Gasteiger partial charge in [0, 0.05) is 19.3 Å². The SMILES string of the molecule is CC/C=C\C/C=C\C/C=C\C/C=C\C/C=C\CCCCCC(=O)OCC(COC(=O)CCCCCCCCCC)OC(=O)CCCCCCCCCCC/C=C\CCCCCCCC. The summed E-state index contributed by atoms with van der Waals surface area (Å²) in [5, 5.41) is 0. The molecule has 64 heavy (non-hydrogen) atoms. The van der Waals surface area contributed by atoms with Crippen molar-refractivity contribution in [1.29, 1.82) is 0 Å². The number of hydrogen-bond acceptors (Lipinski definition) is 6. The van der Waals surface area contributed by atoms with Gasteiger partial charge in [0.25, 0.3) is 0 Å². The van der Waals surface area contributed by atoms with Gasteiger partial charge in [-0.05, 0) is 89.9 Å². The Morgan fingerprint density at radius 2 is 0.609 bits per heavy atom. The van der Waals surface area contributed by atoms with Crippen LogP contribution in [0.1, 0.15) is 258 Å². The highest BCUT2D eigenvalue weighted by atomic mass is 16.6.